The SMILES string of the molecule is CCCNC(=O)CCNc1ccc(C#N)c2ccccc12. The van der Waals surface area contributed by atoms with Crippen molar-refractivity contribution in [2.24, 2.45) is 0 Å². The smallest absolute Gasteiger partial charge is 0.221 e. The number of anilines is 1. The summed E-state index contributed by atoms with van der Waals surface area (Å²) in [6.07, 6.45) is 1.38. The predicted octanol–water partition coefficient (Wildman–Crippen LogP) is 3.04. The van der Waals surface area contributed by atoms with Gasteiger partial charge in [0, 0.05) is 36.0 Å². The van der Waals surface area contributed by atoms with Crippen LogP contribution in [0.2, 0.25) is 0 Å². The maximum absolute atomic E-state index is 11.6. The van der Waals surface area contributed by atoms with E-state index in [0.29, 0.717) is 18.5 Å². The van der Waals surface area contributed by atoms with Gasteiger partial charge in [-0.15, -0.1) is 0 Å². The monoisotopic (exact) mass is 281 g/mol. The third-order valence-corrected chi connectivity index (χ3v) is 3.28. The third kappa shape index (κ3) is 3.73. The van der Waals surface area contributed by atoms with E-state index in [1.165, 1.54) is 0 Å². The van der Waals surface area contributed by atoms with Crippen LogP contribution in [-0.2, 0) is 4.79 Å². The van der Waals surface area contributed by atoms with Crippen LogP contribution in [0.15, 0.2) is 36.4 Å². The van der Waals surface area contributed by atoms with Gasteiger partial charge in [0.25, 0.3) is 0 Å². The Balaban J connectivity index is 2.06. The molecule has 0 saturated carbocycles. The minimum Gasteiger partial charge on any atom is -0.384 e. The Morgan fingerprint density at radius 3 is 2.62 bits per heavy atom. The predicted molar refractivity (Wildman–Crippen MR) is 85.1 cm³/mol. The van der Waals surface area contributed by atoms with E-state index in [0.717, 1.165) is 29.4 Å². The molecule has 0 heterocycles. The van der Waals surface area contributed by atoms with Gasteiger partial charge in [-0.25, -0.2) is 0 Å². The number of amides is 1. The molecule has 0 spiro atoms. The average molecular weight is 281 g/mol. The van der Waals surface area contributed by atoms with Crippen molar-refractivity contribution in [3.05, 3.63) is 42.0 Å². The summed E-state index contributed by atoms with van der Waals surface area (Å²) in [4.78, 5) is 11.6. The lowest BCUT2D eigenvalue weighted by Crippen LogP contribution is -2.25. The van der Waals surface area contributed by atoms with Gasteiger partial charge in [-0.2, -0.15) is 5.26 Å². The molecule has 2 aromatic rings. The first-order valence-corrected chi connectivity index (χ1v) is 7.18. The first kappa shape index (κ1) is 14.9. The van der Waals surface area contributed by atoms with Crippen LogP contribution in [0.3, 0.4) is 0 Å². The van der Waals surface area contributed by atoms with Crippen LogP contribution in [0.1, 0.15) is 25.3 Å². The maximum Gasteiger partial charge on any atom is 0.221 e. The lowest BCUT2D eigenvalue weighted by Gasteiger charge is -2.10. The molecule has 1 amide bonds. The van der Waals surface area contributed by atoms with E-state index in [1.807, 2.05) is 43.3 Å². The second-order valence-corrected chi connectivity index (χ2v) is 4.84. The molecular weight excluding hydrogens is 262 g/mol. The summed E-state index contributed by atoms with van der Waals surface area (Å²) in [6, 6.07) is 13.7. The van der Waals surface area contributed by atoms with Gasteiger partial charge in [0.05, 0.1) is 11.6 Å². The summed E-state index contributed by atoms with van der Waals surface area (Å²) in [5.74, 6) is 0.0577. The Morgan fingerprint density at radius 2 is 1.90 bits per heavy atom. The van der Waals surface area contributed by atoms with Gasteiger partial charge in [0.2, 0.25) is 5.91 Å². The normalized spacial score (nSPS) is 10.1. The molecule has 108 valence electrons. The molecule has 0 aliphatic carbocycles. The number of benzene rings is 2. The second kappa shape index (κ2) is 7.30. The average Bonchev–Trinajstić information content (AvgIpc) is 2.53. The highest BCUT2D eigenvalue weighted by Crippen LogP contribution is 2.26. The van der Waals surface area contributed by atoms with Gasteiger partial charge in [0.1, 0.15) is 0 Å². The minimum atomic E-state index is 0.0577. The summed E-state index contributed by atoms with van der Waals surface area (Å²) >= 11 is 0. The summed E-state index contributed by atoms with van der Waals surface area (Å²) < 4.78 is 0. The molecule has 0 unspecified atom stereocenters. The number of hydrogen-bond acceptors (Lipinski definition) is 3. The van der Waals surface area contributed by atoms with E-state index >= 15 is 0 Å². The number of nitriles is 1. The number of fused-ring (bicyclic) bond motifs is 1. The molecule has 0 radical (unpaired) electrons. The van der Waals surface area contributed by atoms with Gasteiger partial charge in [0.15, 0.2) is 0 Å². The lowest BCUT2D eigenvalue weighted by atomic mass is 10.0. The topological polar surface area (TPSA) is 64.9 Å². The van der Waals surface area contributed by atoms with Gasteiger partial charge in [-0.05, 0) is 18.6 Å². The highest BCUT2D eigenvalue weighted by molar-refractivity contribution is 5.97. The van der Waals surface area contributed by atoms with Crippen LogP contribution >= 0.6 is 0 Å². The molecule has 2 rings (SSSR count). The first-order valence-electron chi connectivity index (χ1n) is 7.18. The van der Waals surface area contributed by atoms with E-state index in [-0.39, 0.29) is 5.91 Å². The fourth-order valence-corrected chi connectivity index (χ4v) is 2.21. The highest BCUT2D eigenvalue weighted by atomic mass is 16.1. The molecule has 0 aromatic heterocycles. The highest BCUT2D eigenvalue weighted by Gasteiger charge is 2.05. The fraction of sp³-hybridized carbons (Fsp3) is 0.294. The van der Waals surface area contributed by atoms with Crippen LogP contribution in [-0.4, -0.2) is 19.0 Å². The molecule has 0 fully saturated rings. The Bertz CT molecular complexity index is 673. The number of hydrogen-bond donors (Lipinski definition) is 2. The van der Waals surface area contributed by atoms with Crippen LogP contribution in [0.5, 0.6) is 0 Å². The van der Waals surface area contributed by atoms with Crippen molar-refractivity contribution in [3.63, 3.8) is 0 Å². The van der Waals surface area contributed by atoms with E-state index in [9.17, 15) is 4.79 Å². The molecule has 4 nitrogen and oxygen atoms in total. The summed E-state index contributed by atoms with van der Waals surface area (Å²) in [7, 11) is 0. The maximum atomic E-state index is 11.6. The molecule has 0 aliphatic heterocycles. The Kier molecular flexibility index (Phi) is 5.16. The summed E-state index contributed by atoms with van der Waals surface area (Å²) in [5.41, 5.74) is 1.62. The number of nitrogens with zero attached hydrogens (tertiary/aromatic N) is 1. The zero-order valence-corrected chi connectivity index (χ0v) is 12.1. The van der Waals surface area contributed by atoms with Gasteiger partial charge < -0.3 is 10.6 Å². The van der Waals surface area contributed by atoms with Gasteiger partial charge >= 0.3 is 0 Å². The molecule has 2 N–H and O–H groups in total. The molecule has 0 aliphatic rings. The van der Waals surface area contributed by atoms with Crippen LogP contribution < -0.4 is 10.6 Å². The number of carbonyl (C=O) groups is 1. The van der Waals surface area contributed by atoms with E-state index < -0.39 is 0 Å². The Hall–Kier alpha value is -2.54. The van der Waals surface area contributed by atoms with Crippen molar-refractivity contribution >= 4 is 22.4 Å². The Morgan fingerprint density at radius 1 is 1.14 bits per heavy atom. The van der Waals surface area contributed by atoms with Crippen LogP contribution in [0.4, 0.5) is 5.69 Å². The first-order chi connectivity index (χ1) is 10.3. The zero-order valence-electron chi connectivity index (χ0n) is 12.1. The molecular formula is C17H19N3O. The van der Waals surface area contributed by atoms with Crippen molar-refractivity contribution < 1.29 is 4.79 Å². The Labute approximate surface area is 124 Å². The molecule has 0 atom stereocenters. The van der Waals surface area contributed by atoms with Crippen molar-refractivity contribution in [2.45, 2.75) is 19.8 Å². The molecule has 21 heavy (non-hydrogen) atoms. The van der Waals surface area contributed by atoms with Crippen LogP contribution in [0.25, 0.3) is 10.8 Å². The van der Waals surface area contributed by atoms with E-state index in [2.05, 4.69) is 16.7 Å². The van der Waals surface area contributed by atoms with Crippen molar-refractivity contribution in [3.8, 4) is 6.07 Å². The third-order valence-electron chi connectivity index (χ3n) is 3.28. The minimum absolute atomic E-state index is 0.0577. The van der Waals surface area contributed by atoms with Crippen molar-refractivity contribution in [2.75, 3.05) is 18.4 Å². The second-order valence-electron chi connectivity index (χ2n) is 4.84. The summed E-state index contributed by atoms with van der Waals surface area (Å²) in [5, 5.41) is 17.2. The largest absolute Gasteiger partial charge is 0.384 e. The van der Waals surface area contributed by atoms with Crippen molar-refractivity contribution in [1.82, 2.24) is 5.32 Å². The van der Waals surface area contributed by atoms with Gasteiger partial charge in [-0.3, -0.25) is 4.79 Å². The van der Waals surface area contributed by atoms with Crippen molar-refractivity contribution in [1.29, 1.82) is 5.26 Å². The van der Waals surface area contributed by atoms with Crippen LogP contribution in [0, 0.1) is 11.3 Å². The number of carbonyl (C=O) groups excluding carboxylic acids is 1. The fourth-order valence-electron chi connectivity index (χ4n) is 2.21. The molecule has 0 saturated heterocycles. The standard InChI is InChI=1S/C17H19N3O/c1-2-10-20-17(21)9-11-19-16-8-7-13(12-18)14-5-3-4-6-15(14)16/h3-8,19H,2,9-11H2,1H3,(H,20,21). The van der Waals surface area contributed by atoms with E-state index in [1.54, 1.807) is 0 Å². The quantitative estimate of drug-likeness (QED) is 0.855. The molecule has 2 aromatic carbocycles. The summed E-state index contributed by atoms with van der Waals surface area (Å²) in [6.45, 7) is 3.32. The van der Waals surface area contributed by atoms with E-state index in [4.69, 9.17) is 5.26 Å². The number of rotatable bonds is 6. The number of nitrogens with one attached hydrogen (secondary N) is 2. The zero-order chi connectivity index (χ0) is 15.1. The molecule has 4 heteroatoms. The molecule has 0 bridgehead atoms. The van der Waals surface area contributed by atoms with Gasteiger partial charge in [-0.1, -0.05) is 31.2 Å². The lowest BCUT2D eigenvalue weighted by molar-refractivity contribution is -0.120.